The van der Waals surface area contributed by atoms with Gasteiger partial charge in [0.25, 0.3) is 0 Å². The Kier molecular flexibility index (Phi) is 4.58. The highest BCUT2D eigenvalue weighted by atomic mass is 19.1. The lowest BCUT2D eigenvalue weighted by Gasteiger charge is -2.07. The third-order valence-electron chi connectivity index (χ3n) is 2.47. The molecule has 19 heavy (non-hydrogen) atoms. The third-order valence-corrected chi connectivity index (χ3v) is 2.47. The van der Waals surface area contributed by atoms with Gasteiger partial charge in [-0.25, -0.2) is 4.39 Å². The predicted molar refractivity (Wildman–Crippen MR) is 71.0 cm³/mol. The number of hydrogen-bond acceptors (Lipinski definition) is 3. The van der Waals surface area contributed by atoms with Crippen LogP contribution < -0.4 is 10.6 Å². The average Bonchev–Trinajstić information content (AvgIpc) is 2.43. The van der Waals surface area contributed by atoms with Crippen molar-refractivity contribution in [2.24, 2.45) is 0 Å². The van der Waals surface area contributed by atoms with E-state index in [1.165, 1.54) is 12.1 Å². The minimum absolute atomic E-state index is 0.102. The van der Waals surface area contributed by atoms with Crippen LogP contribution in [0.3, 0.4) is 0 Å². The first-order chi connectivity index (χ1) is 9.25. The van der Waals surface area contributed by atoms with Crippen molar-refractivity contribution in [2.75, 3.05) is 11.9 Å². The molecule has 0 aliphatic heterocycles. The van der Waals surface area contributed by atoms with Gasteiger partial charge in [-0.05, 0) is 24.3 Å². The van der Waals surface area contributed by atoms with Crippen LogP contribution in [0.25, 0.3) is 0 Å². The summed E-state index contributed by atoms with van der Waals surface area (Å²) >= 11 is 0. The number of aromatic nitrogens is 1. The van der Waals surface area contributed by atoms with Crippen molar-refractivity contribution in [3.05, 3.63) is 60.2 Å². The lowest BCUT2D eigenvalue weighted by atomic mass is 10.3. The molecule has 0 radical (unpaired) electrons. The fourth-order valence-corrected chi connectivity index (χ4v) is 1.56. The van der Waals surface area contributed by atoms with Gasteiger partial charge in [-0.3, -0.25) is 9.78 Å². The fourth-order valence-electron chi connectivity index (χ4n) is 1.56. The second-order valence-electron chi connectivity index (χ2n) is 3.95. The highest BCUT2D eigenvalue weighted by Crippen LogP contribution is 2.11. The smallest absolute Gasteiger partial charge is 0.238 e. The molecular weight excluding hydrogens is 245 g/mol. The van der Waals surface area contributed by atoms with Gasteiger partial charge in [0.05, 0.1) is 17.9 Å². The van der Waals surface area contributed by atoms with Crippen LogP contribution in [0.1, 0.15) is 5.69 Å². The Bertz CT molecular complexity index is 545. The highest BCUT2D eigenvalue weighted by Gasteiger charge is 2.05. The number of para-hydroxylation sites is 1. The van der Waals surface area contributed by atoms with Gasteiger partial charge in [-0.2, -0.15) is 0 Å². The van der Waals surface area contributed by atoms with E-state index in [2.05, 4.69) is 15.6 Å². The Hall–Kier alpha value is -2.27. The van der Waals surface area contributed by atoms with Crippen LogP contribution >= 0.6 is 0 Å². The van der Waals surface area contributed by atoms with Crippen LogP contribution in [-0.4, -0.2) is 17.4 Å². The minimum Gasteiger partial charge on any atom is -0.322 e. The largest absolute Gasteiger partial charge is 0.322 e. The van der Waals surface area contributed by atoms with Crippen molar-refractivity contribution in [1.29, 1.82) is 0 Å². The summed E-state index contributed by atoms with van der Waals surface area (Å²) in [5, 5.41) is 5.44. The number of hydrogen-bond donors (Lipinski definition) is 2. The van der Waals surface area contributed by atoms with Crippen LogP contribution in [0.5, 0.6) is 0 Å². The lowest BCUT2D eigenvalue weighted by Crippen LogP contribution is -2.28. The summed E-state index contributed by atoms with van der Waals surface area (Å²) in [5.41, 5.74) is 1.04. The molecule has 1 aromatic heterocycles. The van der Waals surface area contributed by atoms with Gasteiger partial charge in [-0.1, -0.05) is 18.2 Å². The number of halogens is 1. The number of nitrogens with one attached hydrogen (secondary N) is 2. The molecule has 0 bridgehead atoms. The minimum atomic E-state index is -0.444. The molecule has 2 N–H and O–H groups in total. The maximum atomic E-state index is 13.3. The number of carbonyl (C=O) groups is 1. The molecule has 0 fully saturated rings. The molecule has 1 amide bonds. The van der Waals surface area contributed by atoms with Crippen molar-refractivity contribution in [1.82, 2.24) is 10.3 Å². The van der Waals surface area contributed by atoms with Gasteiger partial charge < -0.3 is 10.6 Å². The molecule has 1 heterocycles. The first kappa shape index (κ1) is 13.2. The number of nitrogens with zero attached hydrogens (tertiary/aromatic N) is 1. The van der Waals surface area contributed by atoms with Crippen LogP contribution in [0.15, 0.2) is 48.7 Å². The van der Waals surface area contributed by atoms with E-state index in [9.17, 15) is 9.18 Å². The van der Waals surface area contributed by atoms with E-state index in [0.29, 0.717) is 6.54 Å². The zero-order chi connectivity index (χ0) is 13.5. The molecule has 0 saturated carbocycles. The number of benzene rings is 1. The van der Waals surface area contributed by atoms with E-state index in [1.807, 2.05) is 18.2 Å². The number of anilines is 1. The van der Waals surface area contributed by atoms with Crippen LogP contribution in [0.4, 0.5) is 10.1 Å². The summed E-state index contributed by atoms with van der Waals surface area (Å²) in [5.74, 6) is -0.735. The van der Waals surface area contributed by atoms with Crippen molar-refractivity contribution < 1.29 is 9.18 Å². The van der Waals surface area contributed by atoms with E-state index in [-0.39, 0.29) is 18.1 Å². The van der Waals surface area contributed by atoms with Gasteiger partial charge in [0.2, 0.25) is 5.91 Å². The summed E-state index contributed by atoms with van der Waals surface area (Å²) in [7, 11) is 0. The summed E-state index contributed by atoms with van der Waals surface area (Å²) in [6.07, 6.45) is 1.69. The zero-order valence-electron chi connectivity index (χ0n) is 10.3. The van der Waals surface area contributed by atoms with Gasteiger partial charge in [0.1, 0.15) is 5.82 Å². The zero-order valence-corrected chi connectivity index (χ0v) is 10.3. The summed E-state index contributed by atoms with van der Waals surface area (Å²) in [6, 6.07) is 11.6. The normalized spacial score (nSPS) is 10.2. The number of amides is 1. The molecule has 0 aliphatic carbocycles. The molecule has 2 rings (SSSR count). The van der Waals surface area contributed by atoms with Crippen molar-refractivity contribution in [2.45, 2.75) is 6.54 Å². The van der Waals surface area contributed by atoms with Crippen molar-refractivity contribution >= 4 is 11.6 Å². The van der Waals surface area contributed by atoms with Crippen LogP contribution in [-0.2, 0) is 11.3 Å². The van der Waals surface area contributed by atoms with Gasteiger partial charge in [0.15, 0.2) is 0 Å². The standard InChI is InChI=1S/C14H14FN3O/c15-12-6-1-2-7-13(12)18-14(19)10-16-9-11-5-3-4-8-17-11/h1-8,16H,9-10H2,(H,18,19). The van der Waals surface area contributed by atoms with E-state index in [1.54, 1.807) is 18.3 Å². The molecule has 1 aromatic carbocycles. The number of pyridine rings is 1. The Morgan fingerprint density at radius 1 is 1.16 bits per heavy atom. The average molecular weight is 259 g/mol. The summed E-state index contributed by atoms with van der Waals surface area (Å²) in [4.78, 5) is 15.7. The first-order valence-corrected chi connectivity index (χ1v) is 5.91. The Labute approximate surface area is 110 Å². The first-order valence-electron chi connectivity index (χ1n) is 5.91. The monoisotopic (exact) mass is 259 g/mol. The predicted octanol–water partition coefficient (Wildman–Crippen LogP) is 1.95. The van der Waals surface area contributed by atoms with E-state index < -0.39 is 5.82 Å². The van der Waals surface area contributed by atoms with Crippen molar-refractivity contribution in [3.63, 3.8) is 0 Å². The molecule has 0 atom stereocenters. The molecule has 0 unspecified atom stereocenters. The van der Waals surface area contributed by atoms with Gasteiger partial charge >= 0.3 is 0 Å². The highest BCUT2D eigenvalue weighted by molar-refractivity contribution is 5.92. The molecule has 2 aromatic rings. The quantitative estimate of drug-likeness (QED) is 0.863. The second-order valence-corrected chi connectivity index (χ2v) is 3.95. The van der Waals surface area contributed by atoms with Gasteiger partial charge in [0, 0.05) is 12.7 Å². The lowest BCUT2D eigenvalue weighted by molar-refractivity contribution is -0.115. The maximum Gasteiger partial charge on any atom is 0.238 e. The summed E-state index contributed by atoms with van der Waals surface area (Å²) in [6.45, 7) is 0.594. The SMILES string of the molecule is O=C(CNCc1ccccn1)Nc1ccccc1F. The molecule has 5 heteroatoms. The fraction of sp³-hybridized carbons (Fsp3) is 0.143. The maximum absolute atomic E-state index is 13.3. The van der Waals surface area contributed by atoms with E-state index >= 15 is 0 Å². The van der Waals surface area contributed by atoms with Crippen LogP contribution in [0, 0.1) is 5.82 Å². The Balaban J connectivity index is 1.78. The second kappa shape index (κ2) is 6.61. The Morgan fingerprint density at radius 2 is 1.95 bits per heavy atom. The van der Waals surface area contributed by atoms with Crippen LogP contribution in [0.2, 0.25) is 0 Å². The Morgan fingerprint density at radius 3 is 2.68 bits per heavy atom. The molecule has 98 valence electrons. The number of carbonyl (C=O) groups excluding carboxylic acids is 1. The van der Waals surface area contributed by atoms with E-state index in [4.69, 9.17) is 0 Å². The molecule has 0 aliphatic rings. The van der Waals surface area contributed by atoms with Crippen molar-refractivity contribution in [3.8, 4) is 0 Å². The van der Waals surface area contributed by atoms with E-state index in [0.717, 1.165) is 5.69 Å². The molecule has 0 saturated heterocycles. The molecular formula is C14H14FN3O. The van der Waals surface area contributed by atoms with Gasteiger partial charge in [-0.15, -0.1) is 0 Å². The third kappa shape index (κ3) is 4.15. The topological polar surface area (TPSA) is 54.0 Å². The summed E-state index contributed by atoms with van der Waals surface area (Å²) < 4.78 is 13.3. The molecule has 4 nitrogen and oxygen atoms in total. The molecule has 0 spiro atoms. The number of rotatable bonds is 5.